The normalized spacial score (nSPS) is 10.9. The van der Waals surface area contributed by atoms with Gasteiger partial charge < -0.3 is 4.90 Å². The van der Waals surface area contributed by atoms with Crippen molar-refractivity contribution in [1.82, 2.24) is 0 Å². The molecule has 0 unspecified atom stereocenters. The first kappa shape index (κ1) is 32.4. The molecular weight excluding hydrogens is 619 g/mol. The zero-order valence-electron chi connectivity index (χ0n) is 27.9. The molecule has 0 aromatic heterocycles. The van der Waals surface area contributed by atoms with Crippen molar-refractivity contribution in [2.45, 2.75) is 0 Å². The van der Waals surface area contributed by atoms with E-state index in [2.05, 4.69) is 137 Å². The summed E-state index contributed by atoms with van der Waals surface area (Å²) in [6, 6.07) is 62.2. The smallest absolute Gasteiger partial charge is 0.194 e. The molecule has 0 aliphatic carbocycles. The molecule has 0 saturated carbocycles. The maximum Gasteiger partial charge on any atom is 0.194 e. The molecule has 0 fully saturated rings. The Bertz CT molecular complexity index is 2380. The van der Waals surface area contributed by atoms with Crippen LogP contribution in [0.3, 0.4) is 0 Å². The van der Waals surface area contributed by atoms with Gasteiger partial charge in [0.15, 0.2) is 5.69 Å². The zero-order chi connectivity index (χ0) is 34.8. The fourth-order valence-electron chi connectivity index (χ4n) is 6.07. The van der Waals surface area contributed by atoms with E-state index in [1.165, 1.54) is 16.7 Å². The average Bonchev–Trinajstić information content (AvgIpc) is 3.21. The summed E-state index contributed by atoms with van der Waals surface area (Å²) in [5, 5.41) is 10.0. The highest BCUT2D eigenvalue weighted by atomic mass is 15.1. The van der Waals surface area contributed by atoms with Crippen molar-refractivity contribution in [2.75, 3.05) is 4.90 Å². The minimum Gasteiger partial charge on any atom is -0.311 e. The van der Waals surface area contributed by atoms with Crippen LogP contribution in [0.15, 0.2) is 176 Å². The summed E-state index contributed by atoms with van der Waals surface area (Å²) < 4.78 is 0. The number of nitrogens with zero attached hydrogens (tertiary/aromatic N) is 3. The van der Waals surface area contributed by atoms with Crippen molar-refractivity contribution < 1.29 is 0 Å². The SMILES string of the molecule is [C-]#[N+]c1cc(/C=C\c2ccc(-c3ccccc3)cc2)c(C#N)cc1/C=C\c1ccc(N(c2ccccc2)c2ccc(-c3ccccc3)cc2)cc1. The Morgan fingerprint density at radius 1 is 0.451 bits per heavy atom. The third-order valence-corrected chi connectivity index (χ3v) is 8.77. The molecule has 0 amide bonds. The Morgan fingerprint density at radius 2 is 0.863 bits per heavy atom. The van der Waals surface area contributed by atoms with Crippen molar-refractivity contribution in [1.29, 1.82) is 5.26 Å². The van der Waals surface area contributed by atoms with Gasteiger partial charge in [0.1, 0.15) is 0 Å². The van der Waals surface area contributed by atoms with Gasteiger partial charge in [-0.2, -0.15) is 5.26 Å². The molecule has 7 aromatic rings. The Hall–Kier alpha value is -7.20. The molecule has 3 heteroatoms. The van der Waals surface area contributed by atoms with Crippen LogP contribution in [-0.4, -0.2) is 0 Å². The summed E-state index contributed by atoms with van der Waals surface area (Å²) in [6.45, 7) is 7.87. The number of hydrogen-bond donors (Lipinski definition) is 0. The first-order valence-corrected chi connectivity index (χ1v) is 16.8. The number of rotatable bonds is 9. The maximum atomic E-state index is 10.0. The Morgan fingerprint density at radius 3 is 1.37 bits per heavy atom. The van der Waals surface area contributed by atoms with Crippen molar-refractivity contribution in [2.24, 2.45) is 0 Å². The Balaban J connectivity index is 1.11. The molecule has 3 nitrogen and oxygen atoms in total. The third kappa shape index (κ3) is 7.60. The van der Waals surface area contributed by atoms with Crippen molar-refractivity contribution in [3.8, 4) is 28.3 Å². The highest BCUT2D eigenvalue weighted by molar-refractivity contribution is 5.84. The molecule has 0 aliphatic rings. The summed E-state index contributed by atoms with van der Waals surface area (Å²) in [5.41, 5.74) is 12.3. The van der Waals surface area contributed by atoms with E-state index in [1.807, 2.05) is 66.8 Å². The molecule has 7 aromatic carbocycles. The van der Waals surface area contributed by atoms with E-state index < -0.39 is 0 Å². The van der Waals surface area contributed by atoms with E-state index in [0.717, 1.165) is 39.3 Å². The summed E-state index contributed by atoms with van der Waals surface area (Å²) in [6.07, 6.45) is 7.79. The van der Waals surface area contributed by atoms with Gasteiger partial charge in [0.05, 0.1) is 18.2 Å². The van der Waals surface area contributed by atoms with Gasteiger partial charge in [-0.3, -0.25) is 0 Å². The highest BCUT2D eigenvalue weighted by Crippen LogP contribution is 2.36. The molecular formula is C48H33N3. The standard InChI is InChI=1S/C48H33N3/c1-50-48-34-42(25-19-36-17-23-40(24-18-36)38-11-5-2-6-12-38)44(35-49)33-43(48)26-20-37-21-29-46(30-22-37)51(45-15-9-4-10-16-45)47-31-27-41(28-32-47)39-13-7-3-8-14-39/h2-34H/b25-19-,26-20-. The lowest BCUT2D eigenvalue weighted by Crippen LogP contribution is -2.09. The number of benzene rings is 7. The number of anilines is 3. The Kier molecular flexibility index (Phi) is 9.74. The lowest BCUT2D eigenvalue weighted by Gasteiger charge is -2.25. The molecule has 0 aliphatic heterocycles. The largest absolute Gasteiger partial charge is 0.311 e. The number of para-hydroxylation sites is 1. The second-order valence-corrected chi connectivity index (χ2v) is 12.1. The lowest BCUT2D eigenvalue weighted by molar-refractivity contribution is 1.28. The first-order chi connectivity index (χ1) is 25.2. The molecule has 0 atom stereocenters. The summed E-state index contributed by atoms with van der Waals surface area (Å²) in [4.78, 5) is 6.04. The minimum atomic E-state index is 0.496. The quantitative estimate of drug-likeness (QED) is 0.115. The topological polar surface area (TPSA) is 31.4 Å². The van der Waals surface area contributed by atoms with Crippen molar-refractivity contribution in [3.63, 3.8) is 0 Å². The van der Waals surface area contributed by atoms with Crippen LogP contribution in [0.2, 0.25) is 0 Å². The maximum absolute atomic E-state index is 10.0. The zero-order valence-corrected chi connectivity index (χ0v) is 27.9. The lowest BCUT2D eigenvalue weighted by atomic mass is 10.00. The van der Waals surface area contributed by atoms with Gasteiger partial charge in [-0.25, -0.2) is 4.85 Å². The number of hydrogen-bond acceptors (Lipinski definition) is 2. The van der Waals surface area contributed by atoms with E-state index in [4.69, 9.17) is 6.57 Å². The van der Waals surface area contributed by atoms with E-state index in [1.54, 1.807) is 12.1 Å². The van der Waals surface area contributed by atoms with Crippen LogP contribution < -0.4 is 4.90 Å². The second-order valence-electron chi connectivity index (χ2n) is 12.1. The molecule has 0 radical (unpaired) electrons. The molecule has 0 bridgehead atoms. The van der Waals surface area contributed by atoms with Crippen LogP contribution in [-0.2, 0) is 0 Å². The molecule has 51 heavy (non-hydrogen) atoms. The monoisotopic (exact) mass is 651 g/mol. The van der Waals surface area contributed by atoms with Crippen LogP contribution >= 0.6 is 0 Å². The van der Waals surface area contributed by atoms with Crippen molar-refractivity contribution in [3.05, 3.63) is 215 Å². The van der Waals surface area contributed by atoms with Gasteiger partial charge in [-0.15, -0.1) is 0 Å². The number of nitriles is 1. The molecule has 0 N–H and O–H groups in total. The fourth-order valence-corrected chi connectivity index (χ4v) is 6.07. The van der Waals surface area contributed by atoms with Crippen LogP contribution in [0, 0.1) is 17.9 Å². The second kappa shape index (κ2) is 15.3. The minimum absolute atomic E-state index is 0.496. The van der Waals surface area contributed by atoms with Gasteiger partial charge in [-0.05, 0) is 93.0 Å². The molecule has 0 spiro atoms. The highest BCUT2D eigenvalue weighted by Gasteiger charge is 2.13. The Labute approximate surface area is 299 Å². The third-order valence-electron chi connectivity index (χ3n) is 8.77. The predicted octanol–water partition coefficient (Wildman–Crippen LogP) is 13.3. The van der Waals surface area contributed by atoms with Gasteiger partial charge in [0, 0.05) is 17.1 Å². The van der Waals surface area contributed by atoms with Crippen LogP contribution in [0.4, 0.5) is 22.7 Å². The average molecular weight is 652 g/mol. The van der Waals surface area contributed by atoms with E-state index >= 15 is 0 Å². The predicted molar refractivity (Wildman–Crippen MR) is 214 cm³/mol. The molecule has 7 rings (SSSR count). The summed E-state index contributed by atoms with van der Waals surface area (Å²) in [5.74, 6) is 0. The van der Waals surface area contributed by atoms with Gasteiger partial charge in [0.2, 0.25) is 0 Å². The van der Waals surface area contributed by atoms with Crippen LogP contribution in [0.25, 0.3) is 51.4 Å². The van der Waals surface area contributed by atoms with E-state index in [0.29, 0.717) is 16.8 Å². The molecule has 0 saturated heterocycles. The van der Waals surface area contributed by atoms with E-state index in [9.17, 15) is 5.26 Å². The van der Waals surface area contributed by atoms with Gasteiger partial charge >= 0.3 is 0 Å². The summed E-state index contributed by atoms with van der Waals surface area (Å²) in [7, 11) is 0. The van der Waals surface area contributed by atoms with Crippen LogP contribution in [0.5, 0.6) is 0 Å². The van der Waals surface area contributed by atoms with Crippen molar-refractivity contribution >= 4 is 47.1 Å². The molecule has 240 valence electrons. The van der Waals surface area contributed by atoms with E-state index in [-0.39, 0.29) is 0 Å². The first-order valence-electron chi connectivity index (χ1n) is 16.8. The van der Waals surface area contributed by atoms with Crippen LogP contribution in [0.1, 0.15) is 27.8 Å². The fraction of sp³-hybridized carbons (Fsp3) is 0. The van der Waals surface area contributed by atoms with Gasteiger partial charge in [-0.1, -0.05) is 152 Å². The molecule has 0 heterocycles. The summed E-state index contributed by atoms with van der Waals surface area (Å²) >= 11 is 0. The van der Waals surface area contributed by atoms with Gasteiger partial charge in [0.25, 0.3) is 0 Å².